The molecule has 0 saturated heterocycles. The molecule has 1 fully saturated rings. The van der Waals surface area contributed by atoms with E-state index in [-0.39, 0.29) is 11.4 Å². The summed E-state index contributed by atoms with van der Waals surface area (Å²) in [5.41, 5.74) is 2.58. The van der Waals surface area contributed by atoms with Crippen molar-refractivity contribution in [2.75, 3.05) is 12.4 Å². The van der Waals surface area contributed by atoms with E-state index in [1.165, 1.54) is 19.5 Å². The average Bonchev–Trinajstić information content (AvgIpc) is 3.55. The summed E-state index contributed by atoms with van der Waals surface area (Å²) in [6, 6.07) is 8.75. The van der Waals surface area contributed by atoms with E-state index < -0.39 is 17.6 Å². The van der Waals surface area contributed by atoms with E-state index in [4.69, 9.17) is 4.74 Å². The molecule has 1 heterocycles. The molecule has 0 spiro atoms. The van der Waals surface area contributed by atoms with Gasteiger partial charge in [-0.2, -0.15) is 0 Å². The number of benzene rings is 2. The van der Waals surface area contributed by atoms with Gasteiger partial charge in [0, 0.05) is 0 Å². The first-order chi connectivity index (χ1) is 13.5. The van der Waals surface area contributed by atoms with Gasteiger partial charge >= 0.3 is 5.97 Å². The number of methoxy groups -OCH3 is 1. The fraction of sp³-hybridized carbons (Fsp3) is 0.190. The zero-order valence-corrected chi connectivity index (χ0v) is 15.1. The van der Waals surface area contributed by atoms with Crippen molar-refractivity contribution in [2.24, 2.45) is 0 Å². The number of hydrogen-bond donors (Lipinski definition) is 1. The third-order valence-electron chi connectivity index (χ3n) is 4.60. The van der Waals surface area contributed by atoms with Crippen LogP contribution in [0.4, 0.5) is 20.2 Å². The Balaban J connectivity index is 1.61. The van der Waals surface area contributed by atoms with Crippen LogP contribution in [-0.4, -0.2) is 23.0 Å². The lowest BCUT2D eigenvalue weighted by molar-refractivity contribution is 0.0602. The lowest BCUT2D eigenvalue weighted by Crippen LogP contribution is -2.07. The Morgan fingerprint density at radius 1 is 1.11 bits per heavy atom. The molecule has 3 aromatic rings. The molecule has 0 radical (unpaired) electrons. The minimum atomic E-state index is -0.606. The van der Waals surface area contributed by atoms with Crippen LogP contribution < -0.4 is 5.32 Å². The van der Waals surface area contributed by atoms with Gasteiger partial charge in [-0.15, -0.1) is 0 Å². The number of nitrogens with zero attached hydrogens (tertiary/aromatic N) is 2. The summed E-state index contributed by atoms with van der Waals surface area (Å²) in [4.78, 5) is 20.4. The number of anilines is 2. The monoisotopic (exact) mass is 381 g/mol. The van der Waals surface area contributed by atoms with E-state index in [2.05, 4.69) is 15.3 Å². The van der Waals surface area contributed by atoms with Gasteiger partial charge in [0.15, 0.2) is 5.82 Å². The molecule has 1 aliphatic rings. The standard InChI is InChI=1S/C21H17F2N3O2/c1-28-21(27)17-8-13(12-2-3-12)4-7-19(17)26-15-10-24-20(25-11-15)16-9-14(22)5-6-18(16)23/h4-12,26H,2-3H2,1H3. The van der Waals surface area contributed by atoms with Crippen molar-refractivity contribution in [1.82, 2.24) is 9.97 Å². The highest BCUT2D eigenvalue weighted by atomic mass is 19.1. The average molecular weight is 381 g/mol. The summed E-state index contributed by atoms with van der Waals surface area (Å²) in [7, 11) is 1.33. The molecule has 2 aromatic carbocycles. The second kappa shape index (κ2) is 7.34. The van der Waals surface area contributed by atoms with Gasteiger partial charge in [-0.05, 0) is 54.7 Å². The van der Waals surface area contributed by atoms with Gasteiger partial charge in [-0.25, -0.2) is 23.5 Å². The second-order valence-corrected chi connectivity index (χ2v) is 6.62. The van der Waals surface area contributed by atoms with Crippen LogP contribution >= 0.6 is 0 Å². The number of aromatic nitrogens is 2. The topological polar surface area (TPSA) is 64.1 Å². The summed E-state index contributed by atoms with van der Waals surface area (Å²) < 4.78 is 32.1. The molecule has 0 atom stereocenters. The lowest BCUT2D eigenvalue weighted by atomic mass is 10.0. The number of nitrogens with one attached hydrogen (secondary N) is 1. The Labute approximate surface area is 160 Å². The van der Waals surface area contributed by atoms with Gasteiger partial charge in [0.05, 0.1) is 42.0 Å². The Bertz CT molecular complexity index is 1030. The molecule has 5 nitrogen and oxygen atoms in total. The number of carbonyl (C=O) groups is 1. The van der Waals surface area contributed by atoms with E-state index in [1.807, 2.05) is 18.2 Å². The molecular formula is C21H17F2N3O2. The van der Waals surface area contributed by atoms with Gasteiger partial charge in [-0.3, -0.25) is 0 Å². The van der Waals surface area contributed by atoms with Crippen LogP contribution in [0.15, 0.2) is 48.8 Å². The second-order valence-electron chi connectivity index (χ2n) is 6.62. The number of carbonyl (C=O) groups excluding carboxylic acids is 1. The van der Waals surface area contributed by atoms with E-state index in [1.54, 1.807) is 0 Å². The van der Waals surface area contributed by atoms with E-state index in [9.17, 15) is 13.6 Å². The lowest BCUT2D eigenvalue weighted by Gasteiger charge is -2.12. The van der Waals surface area contributed by atoms with Crippen molar-refractivity contribution < 1.29 is 18.3 Å². The van der Waals surface area contributed by atoms with Crippen molar-refractivity contribution >= 4 is 17.3 Å². The third kappa shape index (κ3) is 3.69. The largest absolute Gasteiger partial charge is 0.465 e. The van der Waals surface area contributed by atoms with Crippen molar-refractivity contribution in [3.8, 4) is 11.4 Å². The van der Waals surface area contributed by atoms with Crippen molar-refractivity contribution in [3.63, 3.8) is 0 Å². The molecule has 0 aliphatic heterocycles. The third-order valence-corrected chi connectivity index (χ3v) is 4.60. The van der Waals surface area contributed by atoms with Crippen LogP contribution in [0.3, 0.4) is 0 Å². The summed E-state index contributed by atoms with van der Waals surface area (Å²) >= 11 is 0. The first-order valence-corrected chi connectivity index (χ1v) is 8.82. The molecule has 1 aromatic heterocycles. The molecule has 0 unspecified atom stereocenters. The first-order valence-electron chi connectivity index (χ1n) is 8.82. The SMILES string of the molecule is COC(=O)c1cc(C2CC2)ccc1Nc1cnc(-c2cc(F)ccc2F)nc1. The van der Waals surface area contributed by atoms with Crippen molar-refractivity contribution in [2.45, 2.75) is 18.8 Å². The predicted octanol–water partition coefficient (Wildman–Crippen LogP) is 4.83. The van der Waals surface area contributed by atoms with Gasteiger partial charge in [0.25, 0.3) is 0 Å². The first kappa shape index (κ1) is 18.0. The fourth-order valence-corrected chi connectivity index (χ4v) is 2.98. The van der Waals surface area contributed by atoms with E-state index >= 15 is 0 Å². The van der Waals surface area contributed by atoms with Crippen LogP contribution in [-0.2, 0) is 4.74 Å². The van der Waals surface area contributed by atoms with Gasteiger partial charge in [0.2, 0.25) is 0 Å². The minimum Gasteiger partial charge on any atom is -0.465 e. The Morgan fingerprint density at radius 2 is 1.86 bits per heavy atom. The Hall–Kier alpha value is -3.35. The number of hydrogen-bond acceptors (Lipinski definition) is 5. The molecule has 1 N–H and O–H groups in total. The maximum absolute atomic E-state index is 13.9. The zero-order valence-electron chi connectivity index (χ0n) is 15.1. The van der Waals surface area contributed by atoms with Gasteiger partial charge in [0.1, 0.15) is 11.6 Å². The molecule has 4 rings (SSSR count). The normalized spacial score (nSPS) is 13.2. The summed E-state index contributed by atoms with van der Waals surface area (Å²) in [5, 5.41) is 3.09. The number of esters is 1. The van der Waals surface area contributed by atoms with Crippen LogP contribution in [0.2, 0.25) is 0 Å². The van der Waals surface area contributed by atoms with E-state index in [0.29, 0.717) is 22.9 Å². The quantitative estimate of drug-likeness (QED) is 0.642. The number of ether oxygens (including phenoxy) is 1. The predicted molar refractivity (Wildman–Crippen MR) is 100 cm³/mol. The fourth-order valence-electron chi connectivity index (χ4n) is 2.98. The molecule has 28 heavy (non-hydrogen) atoms. The van der Waals surface area contributed by atoms with Crippen molar-refractivity contribution in [1.29, 1.82) is 0 Å². The van der Waals surface area contributed by atoms with Crippen molar-refractivity contribution in [3.05, 3.63) is 71.6 Å². The summed E-state index contributed by atoms with van der Waals surface area (Å²) in [5.74, 6) is -1.04. The van der Waals surface area contributed by atoms with Crippen LogP contribution in [0.5, 0.6) is 0 Å². The minimum absolute atomic E-state index is 0.0180. The Kier molecular flexibility index (Phi) is 4.73. The molecular weight excluding hydrogens is 364 g/mol. The Morgan fingerprint density at radius 3 is 2.54 bits per heavy atom. The van der Waals surface area contributed by atoms with E-state index in [0.717, 1.165) is 36.6 Å². The van der Waals surface area contributed by atoms with Crippen LogP contribution in [0.1, 0.15) is 34.7 Å². The molecule has 1 aliphatic carbocycles. The molecule has 1 saturated carbocycles. The van der Waals surface area contributed by atoms with Crippen LogP contribution in [0.25, 0.3) is 11.4 Å². The summed E-state index contributed by atoms with van der Waals surface area (Å²) in [6.45, 7) is 0. The van der Waals surface area contributed by atoms with Crippen LogP contribution in [0, 0.1) is 11.6 Å². The highest BCUT2D eigenvalue weighted by molar-refractivity contribution is 5.96. The van der Waals surface area contributed by atoms with Gasteiger partial charge < -0.3 is 10.1 Å². The summed E-state index contributed by atoms with van der Waals surface area (Å²) in [6.07, 6.45) is 5.14. The molecule has 0 bridgehead atoms. The molecule has 0 amide bonds. The smallest absolute Gasteiger partial charge is 0.339 e. The highest BCUT2D eigenvalue weighted by Crippen LogP contribution is 2.41. The zero-order chi connectivity index (χ0) is 19.7. The maximum Gasteiger partial charge on any atom is 0.339 e. The maximum atomic E-state index is 13.9. The number of halogens is 2. The highest BCUT2D eigenvalue weighted by Gasteiger charge is 2.25. The molecule has 142 valence electrons. The van der Waals surface area contributed by atoms with Gasteiger partial charge in [-0.1, -0.05) is 6.07 Å². The number of rotatable bonds is 5. The molecule has 7 heteroatoms.